The molecule has 3 atom stereocenters. The summed E-state index contributed by atoms with van der Waals surface area (Å²) < 4.78 is 29.1. The first-order valence-corrected chi connectivity index (χ1v) is 11.7. The maximum atomic E-state index is 12.7. The van der Waals surface area contributed by atoms with Crippen LogP contribution in [0.15, 0.2) is 24.5 Å². The second-order valence-electron chi connectivity index (χ2n) is 7.85. The molecule has 30 heavy (non-hydrogen) atoms. The zero-order chi connectivity index (χ0) is 21.3. The average molecular weight is 430 g/mol. The maximum Gasteiger partial charge on any atom is 0.251 e. The Kier molecular flexibility index (Phi) is 5.58. The number of amides is 1. The highest BCUT2D eigenvalue weighted by Crippen LogP contribution is 2.29. The summed E-state index contributed by atoms with van der Waals surface area (Å²) in [4.78, 5) is 23.4. The molecule has 3 heterocycles. The number of fused-ring (bicyclic) bond motifs is 1. The van der Waals surface area contributed by atoms with E-state index in [-0.39, 0.29) is 29.4 Å². The van der Waals surface area contributed by atoms with Gasteiger partial charge in [-0.1, -0.05) is 0 Å². The molecule has 158 valence electrons. The fraction of sp³-hybridized carbons (Fsp3) is 0.500. The average Bonchev–Trinajstić information content (AvgIpc) is 3.09. The SMILES string of the molecule is C[C@@H]1CN(c2ccc(C#N)c3nccnc23)C[C@H](C(=O)NCC2CCS(=O)(=O)C2)O1. The lowest BCUT2D eigenvalue weighted by atomic mass is 10.1. The van der Waals surface area contributed by atoms with E-state index >= 15 is 0 Å². The zero-order valence-corrected chi connectivity index (χ0v) is 17.4. The Hall–Kier alpha value is -2.77. The van der Waals surface area contributed by atoms with Crippen LogP contribution in [0.2, 0.25) is 0 Å². The fourth-order valence-electron chi connectivity index (χ4n) is 4.07. The number of nitrogens with zero attached hydrogens (tertiary/aromatic N) is 4. The third-order valence-corrected chi connectivity index (χ3v) is 7.35. The molecule has 1 unspecified atom stereocenters. The number of benzene rings is 1. The molecule has 2 fully saturated rings. The highest BCUT2D eigenvalue weighted by atomic mass is 32.2. The lowest BCUT2D eigenvalue weighted by Gasteiger charge is -2.37. The number of hydrogen-bond donors (Lipinski definition) is 1. The first-order valence-electron chi connectivity index (χ1n) is 9.88. The Morgan fingerprint density at radius 2 is 2.07 bits per heavy atom. The van der Waals surface area contributed by atoms with Crippen LogP contribution in [0.25, 0.3) is 11.0 Å². The van der Waals surface area contributed by atoms with Crippen molar-refractivity contribution in [1.29, 1.82) is 5.26 Å². The van der Waals surface area contributed by atoms with Crippen LogP contribution < -0.4 is 10.2 Å². The molecule has 2 aliphatic rings. The molecule has 2 saturated heterocycles. The molecule has 0 bridgehead atoms. The monoisotopic (exact) mass is 429 g/mol. The van der Waals surface area contributed by atoms with Crippen LogP contribution in [0.4, 0.5) is 5.69 Å². The van der Waals surface area contributed by atoms with Gasteiger partial charge in [-0.2, -0.15) is 5.26 Å². The van der Waals surface area contributed by atoms with Crippen molar-refractivity contribution in [2.45, 2.75) is 25.6 Å². The van der Waals surface area contributed by atoms with Gasteiger partial charge in [-0.05, 0) is 31.4 Å². The van der Waals surface area contributed by atoms with Crippen LogP contribution in [0.1, 0.15) is 18.9 Å². The third-order valence-electron chi connectivity index (χ3n) is 5.51. The van der Waals surface area contributed by atoms with E-state index in [4.69, 9.17) is 4.74 Å². The van der Waals surface area contributed by atoms with Gasteiger partial charge in [0.05, 0.1) is 35.4 Å². The van der Waals surface area contributed by atoms with Gasteiger partial charge in [-0.3, -0.25) is 14.8 Å². The summed E-state index contributed by atoms with van der Waals surface area (Å²) in [5, 5.41) is 12.2. The van der Waals surface area contributed by atoms with Gasteiger partial charge in [0.25, 0.3) is 5.91 Å². The molecule has 2 aliphatic heterocycles. The van der Waals surface area contributed by atoms with E-state index in [0.717, 1.165) is 5.69 Å². The third kappa shape index (κ3) is 4.22. The van der Waals surface area contributed by atoms with Crippen LogP contribution in [0.3, 0.4) is 0 Å². The number of nitrogens with one attached hydrogen (secondary N) is 1. The van der Waals surface area contributed by atoms with Gasteiger partial charge in [0.2, 0.25) is 0 Å². The number of nitriles is 1. The van der Waals surface area contributed by atoms with E-state index in [0.29, 0.717) is 42.7 Å². The van der Waals surface area contributed by atoms with E-state index < -0.39 is 15.9 Å². The highest BCUT2D eigenvalue weighted by molar-refractivity contribution is 7.91. The summed E-state index contributed by atoms with van der Waals surface area (Å²) in [5.41, 5.74) is 2.39. The maximum absolute atomic E-state index is 12.7. The molecule has 0 saturated carbocycles. The van der Waals surface area contributed by atoms with Crippen LogP contribution >= 0.6 is 0 Å². The number of rotatable bonds is 4. The zero-order valence-electron chi connectivity index (χ0n) is 16.6. The smallest absolute Gasteiger partial charge is 0.251 e. The molecular formula is C20H23N5O4S. The quantitative estimate of drug-likeness (QED) is 0.751. The molecule has 9 nitrogen and oxygen atoms in total. The van der Waals surface area contributed by atoms with E-state index in [1.54, 1.807) is 18.5 Å². The lowest BCUT2D eigenvalue weighted by Crippen LogP contribution is -2.53. The van der Waals surface area contributed by atoms with E-state index in [1.807, 2.05) is 17.9 Å². The lowest BCUT2D eigenvalue weighted by molar-refractivity contribution is -0.137. The summed E-state index contributed by atoms with van der Waals surface area (Å²) >= 11 is 0. The van der Waals surface area contributed by atoms with Gasteiger partial charge in [0.1, 0.15) is 17.1 Å². The number of anilines is 1. The van der Waals surface area contributed by atoms with Gasteiger partial charge in [-0.25, -0.2) is 8.42 Å². The normalized spacial score (nSPS) is 25.7. The van der Waals surface area contributed by atoms with Gasteiger partial charge >= 0.3 is 0 Å². The molecule has 1 aromatic carbocycles. The van der Waals surface area contributed by atoms with Crippen molar-refractivity contribution in [1.82, 2.24) is 15.3 Å². The summed E-state index contributed by atoms with van der Waals surface area (Å²) in [6.07, 6.45) is 2.83. The predicted octanol–water partition coefficient (Wildman–Crippen LogP) is 0.646. The van der Waals surface area contributed by atoms with Crippen molar-refractivity contribution < 1.29 is 17.9 Å². The number of morpholine rings is 1. The number of aromatic nitrogens is 2. The number of carbonyl (C=O) groups excluding carboxylic acids is 1. The second kappa shape index (κ2) is 8.16. The number of hydrogen-bond acceptors (Lipinski definition) is 8. The Bertz CT molecular complexity index is 1110. The molecular weight excluding hydrogens is 406 g/mol. The Balaban J connectivity index is 1.49. The van der Waals surface area contributed by atoms with Gasteiger partial charge in [-0.15, -0.1) is 0 Å². The topological polar surface area (TPSA) is 125 Å². The van der Waals surface area contributed by atoms with Crippen molar-refractivity contribution in [3.8, 4) is 6.07 Å². The summed E-state index contributed by atoms with van der Waals surface area (Å²) in [5.74, 6) is 0.0103. The van der Waals surface area contributed by atoms with Gasteiger partial charge in [0.15, 0.2) is 15.9 Å². The first kappa shape index (κ1) is 20.5. The Labute approximate surface area is 175 Å². The van der Waals surface area contributed by atoms with Crippen molar-refractivity contribution in [3.63, 3.8) is 0 Å². The fourth-order valence-corrected chi connectivity index (χ4v) is 5.93. The molecule has 1 aromatic heterocycles. The largest absolute Gasteiger partial charge is 0.364 e. The Morgan fingerprint density at radius 3 is 2.77 bits per heavy atom. The minimum absolute atomic E-state index is 0.0474. The van der Waals surface area contributed by atoms with Crippen LogP contribution in [0.5, 0.6) is 0 Å². The number of sulfone groups is 1. The van der Waals surface area contributed by atoms with Crippen molar-refractivity contribution in [2.75, 3.05) is 36.0 Å². The molecule has 0 spiro atoms. The van der Waals surface area contributed by atoms with Crippen LogP contribution in [0, 0.1) is 17.2 Å². The van der Waals surface area contributed by atoms with Crippen molar-refractivity contribution in [2.24, 2.45) is 5.92 Å². The highest BCUT2D eigenvalue weighted by Gasteiger charge is 2.33. The van der Waals surface area contributed by atoms with E-state index in [1.165, 1.54) is 0 Å². The molecule has 1 amide bonds. The predicted molar refractivity (Wildman–Crippen MR) is 111 cm³/mol. The molecule has 10 heteroatoms. The van der Waals surface area contributed by atoms with Crippen LogP contribution in [-0.2, 0) is 19.4 Å². The Morgan fingerprint density at radius 1 is 1.30 bits per heavy atom. The molecule has 0 aliphatic carbocycles. The summed E-state index contributed by atoms with van der Waals surface area (Å²) in [6, 6.07) is 5.67. The summed E-state index contributed by atoms with van der Waals surface area (Å²) in [7, 11) is -2.97. The summed E-state index contributed by atoms with van der Waals surface area (Å²) in [6.45, 7) is 3.13. The van der Waals surface area contributed by atoms with Gasteiger partial charge < -0.3 is 15.0 Å². The number of ether oxygens (including phenoxy) is 1. The molecule has 2 aromatic rings. The van der Waals surface area contributed by atoms with Crippen molar-refractivity contribution >= 4 is 32.5 Å². The number of carbonyl (C=O) groups is 1. The minimum atomic E-state index is -2.97. The molecule has 0 radical (unpaired) electrons. The molecule has 4 rings (SSSR count). The van der Waals surface area contributed by atoms with Crippen molar-refractivity contribution in [3.05, 3.63) is 30.1 Å². The minimum Gasteiger partial charge on any atom is -0.364 e. The van der Waals surface area contributed by atoms with Gasteiger partial charge in [0, 0.05) is 25.5 Å². The molecule has 1 N–H and O–H groups in total. The van der Waals surface area contributed by atoms with E-state index in [2.05, 4.69) is 21.4 Å². The second-order valence-corrected chi connectivity index (χ2v) is 10.1. The standard InChI is InChI=1S/C20H23N5O4S/c1-13-10-25(16-3-2-15(8-21)18-19(16)23-6-5-22-18)11-17(29-13)20(26)24-9-14-4-7-30(27,28)12-14/h2-3,5-6,13-14,17H,4,7,9-12H2,1H3,(H,24,26)/t13-,14?,17-/m1/s1. The van der Waals surface area contributed by atoms with Crippen LogP contribution in [-0.4, -0.2) is 67.6 Å². The van der Waals surface area contributed by atoms with E-state index in [9.17, 15) is 18.5 Å². The first-order chi connectivity index (χ1) is 14.4.